The summed E-state index contributed by atoms with van der Waals surface area (Å²) < 4.78 is 30.6. The minimum Gasteiger partial charge on any atom is -0.466 e. The summed E-state index contributed by atoms with van der Waals surface area (Å²) in [5, 5.41) is 0.416. The van der Waals surface area contributed by atoms with Gasteiger partial charge in [0.1, 0.15) is 5.69 Å². The van der Waals surface area contributed by atoms with Crippen LogP contribution in [0, 0.1) is 0 Å². The molecule has 0 fully saturated rings. The van der Waals surface area contributed by atoms with E-state index in [0.717, 1.165) is 0 Å². The number of hydrogen-bond acceptors (Lipinski definition) is 3. The lowest BCUT2D eigenvalue weighted by molar-refractivity contribution is -0.142. The highest BCUT2D eigenvalue weighted by Gasteiger charge is 2.18. The highest BCUT2D eigenvalue weighted by Crippen LogP contribution is 2.27. The zero-order valence-electron chi connectivity index (χ0n) is 9.55. The lowest BCUT2D eigenvalue weighted by Gasteiger charge is -2.11. The maximum absolute atomic E-state index is 12.6. The van der Waals surface area contributed by atoms with Gasteiger partial charge in [-0.15, -0.1) is 0 Å². The lowest BCUT2D eigenvalue weighted by Crippen LogP contribution is -2.12. The van der Waals surface area contributed by atoms with Crippen LogP contribution in [-0.2, 0) is 21.3 Å². The fraction of sp³-hybridized carbons (Fsp3) is 0.455. The third kappa shape index (κ3) is 3.98. The summed E-state index contributed by atoms with van der Waals surface area (Å²) >= 11 is 6.44. The van der Waals surface area contributed by atoms with Crippen molar-refractivity contribution in [1.82, 2.24) is 4.98 Å². The van der Waals surface area contributed by atoms with Crippen molar-refractivity contribution in [3.8, 4) is 0 Å². The van der Waals surface area contributed by atoms with Crippen LogP contribution < -0.4 is 0 Å². The molecule has 0 N–H and O–H groups in total. The van der Waals surface area contributed by atoms with E-state index in [2.05, 4.69) is 36.8 Å². The maximum Gasteiger partial charge on any atom is 0.311 e. The third-order valence-corrected chi connectivity index (χ3v) is 3.42. The summed E-state index contributed by atoms with van der Waals surface area (Å²) in [5.41, 5.74) is 0.619. The molecule has 0 radical (unpaired) electrons. The minimum atomic E-state index is -2.67. The average Bonchev–Trinajstić information content (AvgIpc) is 2.28. The van der Waals surface area contributed by atoms with Gasteiger partial charge in [0.25, 0.3) is 6.43 Å². The molecule has 0 atom stereocenters. The first-order valence-electron chi connectivity index (χ1n) is 5.17. The molecule has 0 bridgehead atoms. The molecule has 0 amide bonds. The molecule has 0 aliphatic heterocycles. The number of hydrogen-bond donors (Lipinski definition) is 0. The van der Waals surface area contributed by atoms with Gasteiger partial charge < -0.3 is 4.74 Å². The zero-order chi connectivity index (χ0) is 13.7. The van der Waals surface area contributed by atoms with E-state index in [4.69, 9.17) is 4.74 Å². The van der Waals surface area contributed by atoms with E-state index < -0.39 is 12.4 Å². The molecular formula is C11H11Br2F2NO2. The minimum absolute atomic E-state index is 0.117. The van der Waals surface area contributed by atoms with Gasteiger partial charge in [-0.25, -0.2) is 8.78 Å². The molecule has 0 aliphatic rings. The van der Waals surface area contributed by atoms with Crippen LogP contribution in [0.15, 0.2) is 10.5 Å². The molecule has 0 saturated heterocycles. The molecule has 100 valence electrons. The molecule has 0 aromatic carbocycles. The highest BCUT2D eigenvalue weighted by molar-refractivity contribution is 9.10. The van der Waals surface area contributed by atoms with Crippen molar-refractivity contribution in [2.45, 2.75) is 25.1 Å². The van der Waals surface area contributed by atoms with Crippen molar-refractivity contribution in [3.05, 3.63) is 27.5 Å². The van der Waals surface area contributed by atoms with Gasteiger partial charge in [-0.2, -0.15) is 0 Å². The van der Waals surface area contributed by atoms with Crippen molar-refractivity contribution in [1.29, 1.82) is 0 Å². The molecule has 1 aromatic heterocycles. The lowest BCUT2D eigenvalue weighted by atomic mass is 10.1. The number of rotatable bonds is 5. The van der Waals surface area contributed by atoms with Gasteiger partial charge in [0.05, 0.1) is 18.7 Å². The molecule has 1 aromatic rings. The van der Waals surface area contributed by atoms with Crippen molar-refractivity contribution in [3.63, 3.8) is 0 Å². The van der Waals surface area contributed by atoms with Crippen LogP contribution in [0.3, 0.4) is 0 Å². The molecule has 0 unspecified atom stereocenters. The van der Waals surface area contributed by atoms with Crippen LogP contribution in [0.1, 0.15) is 30.3 Å². The Balaban J connectivity index is 3.10. The van der Waals surface area contributed by atoms with Crippen molar-refractivity contribution in [2.24, 2.45) is 0 Å². The van der Waals surface area contributed by atoms with Crippen molar-refractivity contribution < 1.29 is 18.3 Å². The largest absolute Gasteiger partial charge is 0.466 e. The normalized spacial score (nSPS) is 10.8. The smallest absolute Gasteiger partial charge is 0.311 e. The van der Waals surface area contributed by atoms with Crippen LogP contribution in [0.25, 0.3) is 0 Å². The molecule has 0 aliphatic carbocycles. The number of nitrogens with zero attached hydrogens (tertiary/aromatic N) is 1. The first kappa shape index (κ1) is 15.5. The Morgan fingerprint density at radius 2 is 2.22 bits per heavy atom. The van der Waals surface area contributed by atoms with E-state index in [0.29, 0.717) is 21.1 Å². The number of pyridine rings is 1. The molecule has 18 heavy (non-hydrogen) atoms. The van der Waals surface area contributed by atoms with Gasteiger partial charge in [0.15, 0.2) is 0 Å². The fourth-order valence-corrected chi connectivity index (χ4v) is 2.96. The SMILES string of the molecule is CCOC(=O)Cc1nc(C(F)F)cc(Br)c1CBr. The quantitative estimate of drug-likeness (QED) is 0.571. The summed E-state index contributed by atoms with van der Waals surface area (Å²) in [5.74, 6) is -0.481. The topological polar surface area (TPSA) is 39.2 Å². The molecule has 0 saturated carbocycles. The summed E-state index contributed by atoms with van der Waals surface area (Å²) in [6.45, 7) is 1.93. The average molecular weight is 387 g/mol. The van der Waals surface area contributed by atoms with E-state index >= 15 is 0 Å². The summed E-state index contributed by atoms with van der Waals surface area (Å²) in [6, 6.07) is 1.26. The number of carbonyl (C=O) groups excluding carboxylic acids is 1. The molecular weight excluding hydrogens is 376 g/mol. The van der Waals surface area contributed by atoms with Crippen molar-refractivity contribution >= 4 is 37.8 Å². The highest BCUT2D eigenvalue weighted by atomic mass is 79.9. The first-order valence-corrected chi connectivity index (χ1v) is 7.09. The van der Waals surface area contributed by atoms with Gasteiger partial charge in [0, 0.05) is 9.80 Å². The number of halogens is 4. The predicted molar refractivity (Wildman–Crippen MR) is 69.9 cm³/mol. The van der Waals surface area contributed by atoms with Gasteiger partial charge in [0.2, 0.25) is 0 Å². The zero-order valence-corrected chi connectivity index (χ0v) is 12.7. The standard InChI is InChI=1S/C11H11Br2F2NO2/c1-2-18-10(17)4-8-6(5-12)7(13)3-9(16-8)11(14)15/h3,11H,2,4-5H2,1H3. The number of ether oxygens (including phenoxy) is 1. The van der Waals surface area contributed by atoms with Crippen molar-refractivity contribution in [2.75, 3.05) is 6.61 Å². The second-order valence-corrected chi connectivity index (χ2v) is 4.79. The van der Waals surface area contributed by atoms with Crippen LogP contribution in [0.2, 0.25) is 0 Å². The van der Waals surface area contributed by atoms with E-state index in [1.54, 1.807) is 6.92 Å². The summed E-state index contributed by atoms with van der Waals surface area (Å²) in [6.07, 6.45) is -2.79. The summed E-state index contributed by atoms with van der Waals surface area (Å²) in [4.78, 5) is 15.2. The van der Waals surface area contributed by atoms with Gasteiger partial charge >= 0.3 is 5.97 Å². The van der Waals surface area contributed by atoms with Crippen LogP contribution in [0.4, 0.5) is 8.78 Å². The molecule has 1 rings (SSSR count). The summed E-state index contributed by atoms with van der Waals surface area (Å²) in [7, 11) is 0. The van der Waals surface area contributed by atoms with Gasteiger partial charge in [-0.05, 0) is 18.6 Å². The van der Waals surface area contributed by atoms with Gasteiger partial charge in [-0.3, -0.25) is 9.78 Å². The van der Waals surface area contributed by atoms with E-state index in [9.17, 15) is 13.6 Å². The van der Waals surface area contributed by atoms with Gasteiger partial charge in [-0.1, -0.05) is 31.9 Å². The second kappa shape index (κ2) is 7.13. The number of carbonyl (C=O) groups is 1. The van der Waals surface area contributed by atoms with Crippen LogP contribution in [-0.4, -0.2) is 17.6 Å². The number of esters is 1. The van der Waals surface area contributed by atoms with Crippen LogP contribution >= 0.6 is 31.9 Å². The Morgan fingerprint density at radius 1 is 1.56 bits per heavy atom. The number of alkyl halides is 3. The fourth-order valence-electron chi connectivity index (χ4n) is 1.36. The monoisotopic (exact) mass is 385 g/mol. The molecule has 7 heteroatoms. The Kier molecular flexibility index (Phi) is 6.14. The third-order valence-electron chi connectivity index (χ3n) is 2.15. The second-order valence-electron chi connectivity index (χ2n) is 3.37. The van der Waals surface area contributed by atoms with E-state index in [-0.39, 0.29) is 18.7 Å². The Hall–Kier alpha value is -0.560. The first-order chi connectivity index (χ1) is 8.49. The van der Waals surface area contributed by atoms with E-state index in [1.165, 1.54) is 6.07 Å². The Labute approximate surface area is 120 Å². The Bertz CT molecular complexity index is 441. The molecule has 1 heterocycles. The maximum atomic E-state index is 12.6. The predicted octanol–water partition coefficient (Wildman–Crippen LogP) is 3.78. The molecule has 3 nitrogen and oxygen atoms in total. The Morgan fingerprint density at radius 3 is 2.72 bits per heavy atom. The van der Waals surface area contributed by atoms with E-state index in [1.807, 2.05) is 0 Å². The molecule has 0 spiro atoms. The van der Waals surface area contributed by atoms with Crippen LogP contribution in [0.5, 0.6) is 0 Å². The number of aromatic nitrogens is 1.